The Morgan fingerprint density at radius 2 is 1.95 bits per heavy atom. The second kappa shape index (κ2) is 6.34. The zero-order valence-corrected chi connectivity index (χ0v) is 12.2. The van der Waals surface area contributed by atoms with Gasteiger partial charge in [0.25, 0.3) is 0 Å². The van der Waals surface area contributed by atoms with Crippen molar-refractivity contribution in [3.63, 3.8) is 0 Å². The molecule has 0 spiro atoms. The van der Waals surface area contributed by atoms with Gasteiger partial charge in [0.05, 0.1) is 5.88 Å². The van der Waals surface area contributed by atoms with Gasteiger partial charge in [0.2, 0.25) is 5.91 Å². The van der Waals surface area contributed by atoms with E-state index in [0.717, 1.165) is 12.8 Å². The lowest BCUT2D eigenvalue weighted by Crippen LogP contribution is -2.57. The Kier molecular flexibility index (Phi) is 4.74. The molecule has 2 N–H and O–H groups in total. The Bertz CT molecular complexity index is 418. The minimum Gasteiger partial charge on any atom is -0.480 e. The molecule has 2 heterocycles. The molecule has 8 heteroatoms. The molecule has 112 valence electrons. The number of likely N-dealkylation sites (tertiary alicyclic amines) is 1. The van der Waals surface area contributed by atoms with Crippen molar-refractivity contribution in [2.75, 3.05) is 25.2 Å². The number of rotatable bonds is 2. The fourth-order valence-corrected chi connectivity index (χ4v) is 3.74. The molecule has 2 aliphatic rings. The standard InChI is InChI=1S/C12H19N3O4S/c1-13-10(16)8-4-2-3-5-14(8)12(19)15-7-20-6-9(15)11(17)18/h8-9H,2-7H2,1H3,(H,13,16)(H,17,18)/t8?,9-/m0/s1. The lowest BCUT2D eigenvalue weighted by Gasteiger charge is -2.37. The van der Waals surface area contributed by atoms with Gasteiger partial charge in [0.1, 0.15) is 12.1 Å². The van der Waals surface area contributed by atoms with Crippen molar-refractivity contribution in [1.82, 2.24) is 15.1 Å². The first-order valence-corrected chi connectivity index (χ1v) is 7.81. The Morgan fingerprint density at radius 3 is 2.60 bits per heavy atom. The third-order valence-corrected chi connectivity index (χ3v) is 4.72. The number of urea groups is 1. The molecule has 0 aromatic heterocycles. The first-order valence-electron chi connectivity index (χ1n) is 6.65. The lowest BCUT2D eigenvalue weighted by molar-refractivity contribution is -0.141. The number of amides is 3. The Morgan fingerprint density at radius 1 is 1.20 bits per heavy atom. The van der Waals surface area contributed by atoms with Gasteiger partial charge in [-0.25, -0.2) is 9.59 Å². The molecule has 2 saturated heterocycles. The van der Waals surface area contributed by atoms with E-state index in [9.17, 15) is 14.4 Å². The van der Waals surface area contributed by atoms with Crippen LogP contribution in [0.4, 0.5) is 4.79 Å². The van der Waals surface area contributed by atoms with E-state index in [-0.39, 0.29) is 11.9 Å². The number of hydrogen-bond donors (Lipinski definition) is 2. The summed E-state index contributed by atoms with van der Waals surface area (Å²) in [5.74, 6) is -0.402. The number of carbonyl (C=O) groups excluding carboxylic acids is 2. The molecule has 0 radical (unpaired) electrons. The van der Waals surface area contributed by atoms with Crippen LogP contribution in [-0.2, 0) is 9.59 Å². The molecule has 2 rings (SSSR count). The van der Waals surface area contributed by atoms with Crippen molar-refractivity contribution >= 4 is 29.7 Å². The first kappa shape index (κ1) is 15.0. The molecule has 0 aromatic carbocycles. The quantitative estimate of drug-likeness (QED) is 0.758. The number of hydrogen-bond acceptors (Lipinski definition) is 4. The third kappa shape index (κ3) is 2.84. The maximum absolute atomic E-state index is 12.5. The highest BCUT2D eigenvalue weighted by Crippen LogP contribution is 2.26. The van der Waals surface area contributed by atoms with Crippen LogP contribution in [0.25, 0.3) is 0 Å². The van der Waals surface area contributed by atoms with Gasteiger partial charge >= 0.3 is 12.0 Å². The second-order valence-corrected chi connectivity index (χ2v) is 5.93. The summed E-state index contributed by atoms with van der Waals surface area (Å²) in [7, 11) is 1.55. The van der Waals surface area contributed by atoms with Crippen LogP contribution >= 0.6 is 11.8 Å². The smallest absolute Gasteiger partial charge is 0.327 e. The number of nitrogens with zero attached hydrogens (tertiary/aromatic N) is 2. The van der Waals surface area contributed by atoms with Gasteiger partial charge < -0.3 is 20.2 Å². The zero-order valence-electron chi connectivity index (χ0n) is 11.4. The van der Waals surface area contributed by atoms with E-state index in [1.165, 1.54) is 21.6 Å². The van der Waals surface area contributed by atoms with Crippen molar-refractivity contribution in [3.05, 3.63) is 0 Å². The number of piperidine rings is 1. The maximum Gasteiger partial charge on any atom is 0.327 e. The molecule has 7 nitrogen and oxygen atoms in total. The monoisotopic (exact) mass is 301 g/mol. The summed E-state index contributed by atoms with van der Waals surface area (Å²) < 4.78 is 0. The van der Waals surface area contributed by atoms with Crippen LogP contribution in [0.3, 0.4) is 0 Å². The summed E-state index contributed by atoms with van der Waals surface area (Å²) in [4.78, 5) is 38.4. The topological polar surface area (TPSA) is 90.0 Å². The molecule has 0 bridgehead atoms. The van der Waals surface area contributed by atoms with E-state index in [0.29, 0.717) is 24.6 Å². The Balaban J connectivity index is 2.13. The summed E-state index contributed by atoms with van der Waals surface area (Å²) >= 11 is 1.42. The summed E-state index contributed by atoms with van der Waals surface area (Å²) in [6.45, 7) is 0.504. The maximum atomic E-state index is 12.5. The van der Waals surface area contributed by atoms with E-state index in [2.05, 4.69) is 5.32 Å². The number of carboxylic acids is 1. The molecule has 0 aromatic rings. The van der Waals surface area contributed by atoms with E-state index in [4.69, 9.17) is 5.11 Å². The highest BCUT2D eigenvalue weighted by atomic mass is 32.2. The van der Waals surface area contributed by atoms with Crippen molar-refractivity contribution in [1.29, 1.82) is 0 Å². The van der Waals surface area contributed by atoms with Crippen LogP contribution < -0.4 is 5.32 Å². The van der Waals surface area contributed by atoms with Gasteiger partial charge in [0.15, 0.2) is 0 Å². The van der Waals surface area contributed by atoms with Crippen LogP contribution in [0.5, 0.6) is 0 Å². The predicted molar refractivity (Wildman–Crippen MR) is 74.4 cm³/mol. The first-order chi connectivity index (χ1) is 9.56. The van der Waals surface area contributed by atoms with Crippen LogP contribution in [0.2, 0.25) is 0 Å². The summed E-state index contributed by atoms with van der Waals surface area (Å²) in [5.41, 5.74) is 0. The normalized spacial score (nSPS) is 26.4. The average Bonchev–Trinajstić information content (AvgIpc) is 2.95. The minimum atomic E-state index is -0.989. The van der Waals surface area contributed by atoms with Crippen molar-refractivity contribution < 1.29 is 19.5 Å². The molecule has 3 amide bonds. The van der Waals surface area contributed by atoms with E-state index >= 15 is 0 Å². The van der Waals surface area contributed by atoms with Crippen LogP contribution in [-0.4, -0.2) is 70.1 Å². The van der Waals surface area contributed by atoms with E-state index < -0.39 is 18.1 Å². The number of aliphatic carboxylic acids is 1. The van der Waals surface area contributed by atoms with Crippen molar-refractivity contribution in [2.24, 2.45) is 0 Å². The van der Waals surface area contributed by atoms with Crippen molar-refractivity contribution in [2.45, 2.75) is 31.3 Å². The van der Waals surface area contributed by atoms with Gasteiger partial charge in [-0.15, -0.1) is 11.8 Å². The fraction of sp³-hybridized carbons (Fsp3) is 0.750. The zero-order chi connectivity index (χ0) is 14.7. The summed E-state index contributed by atoms with van der Waals surface area (Å²) in [6.07, 6.45) is 2.38. The van der Waals surface area contributed by atoms with Gasteiger partial charge in [-0.2, -0.15) is 0 Å². The van der Waals surface area contributed by atoms with Gasteiger partial charge in [-0.1, -0.05) is 0 Å². The second-order valence-electron chi connectivity index (χ2n) is 4.93. The lowest BCUT2D eigenvalue weighted by atomic mass is 10.0. The van der Waals surface area contributed by atoms with Crippen LogP contribution in [0.15, 0.2) is 0 Å². The van der Waals surface area contributed by atoms with E-state index in [1.54, 1.807) is 7.05 Å². The van der Waals surface area contributed by atoms with Crippen LogP contribution in [0, 0.1) is 0 Å². The number of likely N-dealkylation sites (N-methyl/N-ethyl adjacent to an activating group) is 1. The predicted octanol–water partition coefficient (Wildman–Crippen LogP) is 0.166. The molecule has 0 saturated carbocycles. The average molecular weight is 301 g/mol. The summed E-state index contributed by atoms with van der Waals surface area (Å²) in [6, 6.07) is -1.61. The van der Waals surface area contributed by atoms with Gasteiger partial charge in [0, 0.05) is 19.3 Å². The van der Waals surface area contributed by atoms with E-state index in [1.807, 2.05) is 0 Å². The summed E-state index contributed by atoms with van der Waals surface area (Å²) in [5, 5.41) is 11.7. The highest BCUT2D eigenvalue weighted by molar-refractivity contribution is 7.99. The molecular formula is C12H19N3O4S. The molecule has 2 atom stereocenters. The van der Waals surface area contributed by atoms with Gasteiger partial charge in [-0.3, -0.25) is 4.79 Å². The van der Waals surface area contributed by atoms with Crippen molar-refractivity contribution in [3.8, 4) is 0 Å². The molecule has 2 aliphatic heterocycles. The number of thioether (sulfide) groups is 1. The molecule has 2 fully saturated rings. The van der Waals surface area contributed by atoms with Crippen LogP contribution in [0.1, 0.15) is 19.3 Å². The number of carbonyl (C=O) groups is 3. The molecular weight excluding hydrogens is 282 g/mol. The molecule has 0 aliphatic carbocycles. The molecule has 20 heavy (non-hydrogen) atoms. The molecule has 1 unspecified atom stereocenters. The Hall–Kier alpha value is -1.44. The SMILES string of the molecule is CNC(=O)C1CCCCN1C(=O)N1CSC[C@H]1C(=O)O. The highest BCUT2D eigenvalue weighted by Gasteiger charge is 2.40. The number of carboxylic acid groups (broad SMARTS) is 1. The fourth-order valence-electron chi connectivity index (χ4n) is 2.60. The third-order valence-electron chi connectivity index (χ3n) is 3.71. The Labute approximate surface area is 121 Å². The van der Waals surface area contributed by atoms with Gasteiger partial charge in [-0.05, 0) is 19.3 Å². The number of nitrogens with one attached hydrogen (secondary N) is 1. The minimum absolute atomic E-state index is 0.184. The largest absolute Gasteiger partial charge is 0.480 e.